The zero-order chi connectivity index (χ0) is 23.7. The van der Waals surface area contributed by atoms with Crippen molar-refractivity contribution < 1.29 is 25.2 Å². The van der Waals surface area contributed by atoms with Gasteiger partial charge in [0.25, 0.3) is 0 Å². The standard InChI is InChI=1S/C22H37NO4.ClH/c1-3-4-5-6-7-8-9-19-10-12-20(13-11-19)14-15-22(23,16-24)17-27-21(26)18(2)25;/h10-13,18,24-25H,3-9,14-17,23H2,1-2H3;1H/i16D2,17D2;. The largest absolute Gasteiger partial charge is 0.462 e. The van der Waals surface area contributed by atoms with Gasteiger partial charge in [-0.2, -0.15) is 0 Å². The highest BCUT2D eigenvalue weighted by atomic mass is 35.5. The molecule has 0 aliphatic rings. The summed E-state index contributed by atoms with van der Waals surface area (Å²) in [5.41, 5.74) is 5.38. The molecule has 28 heavy (non-hydrogen) atoms. The van der Waals surface area contributed by atoms with Crippen molar-refractivity contribution in [3.05, 3.63) is 35.4 Å². The van der Waals surface area contributed by atoms with Gasteiger partial charge in [0.1, 0.15) is 12.7 Å². The fraction of sp³-hybridized carbons (Fsp3) is 0.682. The van der Waals surface area contributed by atoms with Crippen molar-refractivity contribution in [1.29, 1.82) is 0 Å². The second kappa shape index (κ2) is 14.8. The number of ether oxygens (including phenoxy) is 1. The minimum Gasteiger partial charge on any atom is -0.462 e. The van der Waals surface area contributed by atoms with E-state index in [4.69, 9.17) is 11.2 Å². The minimum absolute atomic E-state index is 0. The Morgan fingerprint density at radius 2 is 1.68 bits per heavy atom. The van der Waals surface area contributed by atoms with Crippen LogP contribution in [-0.4, -0.2) is 40.9 Å². The second-order valence-corrected chi connectivity index (χ2v) is 7.12. The quantitative estimate of drug-likeness (QED) is 0.316. The molecule has 4 N–H and O–H groups in total. The molecule has 162 valence electrons. The van der Waals surface area contributed by atoms with Crippen LogP contribution < -0.4 is 5.73 Å². The minimum atomic E-state index is -3.17. The highest BCUT2D eigenvalue weighted by molar-refractivity contribution is 5.85. The van der Waals surface area contributed by atoms with E-state index in [1.807, 2.05) is 24.3 Å². The summed E-state index contributed by atoms with van der Waals surface area (Å²) >= 11 is 0. The van der Waals surface area contributed by atoms with Gasteiger partial charge in [-0.05, 0) is 43.7 Å². The van der Waals surface area contributed by atoms with Crippen molar-refractivity contribution in [3.8, 4) is 0 Å². The van der Waals surface area contributed by atoms with E-state index < -0.39 is 30.7 Å². The molecule has 2 unspecified atom stereocenters. The highest BCUT2D eigenvalue weighted by Gasteiger charge is 2.27. The van der Waals surface area contributed by atoms with E-state index in [0.717, 1.165) is 25.3 Å². The Labute approximate surface area is 181 Å². The topological polar surface area (TPSA) is 92.8 Å². The number of aliphatic hydroxyl groups excluding tert-OH is 1. The maximum absolute atomic E-state index is 11.6. The molecular formula is C22H38ClNO4. The molecule has 0 aromatic heterocycles. The van der Waals surface area contributed by atoms with Gasteiger partial charge in [0, 0.05) is 0 Å². The summed E-state index contributed by atoms with van der Waals surface area (Å²) in [5, 5.41) is 19.2. The van der Waals surface area contributed by atoms with Crippen molar-refractivity contribution in [2.45, 2.75) is 83.3 Å². The lowest BCUT2D eigenvalue weighted by Crippen LogP contribution is -2.49. The van der Waals surface area contributed by atoms with Crippen molar-refractivity contribution in [2.24, 2.45) is 5.73 Å². The fourth-order valence-corrected chi connectivity index (χ4v) is 2.68. The molecule has 5 nitrogen and oxygen atoms in total. The van der Waals surface area contributed by atoms with E-state index in [9.17, 15) is 15.0 Å². The number of aryl methyl sites for hydroxylation is 2. The number of nitrogens with two attached hydrogens (primary N) is 1. The molecule has 0 radical (unpaired) electrons. The van der Waals surface area contributed by atoms with Crippen LogP contribution in [-0.2, 0) is 22.4 Å². The Hall–Kier alpha value is -1.14. The maximum Gasteiger partial charge on any atom is 0.334 e. The number of esters is 1. The van der Waals surface area contributed by atoms with E-state index >= 15 is 0 Å². The Morgan fingerprint density at radius 1 is 1.14 bits per heavy atom. The Bertz CT molecular complexity index is 684. The van der Waals surface area contributed by atoms with E-state index in [-0.39, 0.29) is 25.2 Å². The van der Waals surface area contributed by atoms with Crippen LogP contribution in [0.5, 0.6) is 0 Å². The molecule has 1 rings (SSSR count). The smallest absolute Gasteiger partial charge is 0.334 e. The summed E-state index contributed by atoms with van der Waals surface area (Å²) in [6.07, 6.45) is 6.55. The lowest BCUT2D eigenvalue weighted by Gasteiger charge is -2.27. The third kappa shape index (κ3) is 11.0. The summed E-state index contributed by atoms with van der Waals surface area (Å²) in [6, 6.07) is 7.71. The van der Waals surface area contributed by atoms with Crippen LogP contribution in [0.15, 0.2) is 24.3 Å². The molecule has 0 spiro atoms. The van der Waals surface area contributed by atoms with Crippen LogP contribution in [0, 0.1) is 0 Å². The van der Waals surface area contributed by atoms with Gasteiger partial charge in [0.2, 0.25) is 0 Å². The second-order valence-electron chi connectivity index (χ2n) is 7.12. The average molecular weight is 420 g/mol. The average Bonchev–Trinajstić information content (AvgIpc) is 2.68. The summed E-state index contributed by atoms with van der Waals surface area (Å²) < 4.78 is 35.8. The lowest BCUT2D eigenvalue weighted by molar-refractivity contribution is -0.155. The Balaban J connectivity index is 0.00000961. The number of hydrogen-bond donors (Lipinski definition) is 3. The van der Waals surface area contributed by atoms with E-state index in [1.165, 1.54) is 37.7 Å². The van der Waals surface area contributed by atoms with Gasteiger partial charge in [-0.3, -0.25) is 0 Å². The van der Waals surface area contributed by atoms with E-state index in [2.05, 4.69) is 11.7 Å². The molecule has 0 aliphatic heterocycles. The first-order valence-corrected chi connectivity index (χ1v) is 9.84. The molecule has 0 amide bonds. The summed E-state index contributed by atoms with van der Waals surface area (Å²) in [4.78, 5) is 11.6. The summed E-state index contributed by atoms with van der Waals surface area (Å²) in [6.45, 7) is -2.93. The number of carbonyl (C=O) groups is 1. The number of hydrogen-bond acceptors (Lipinski definition) is 5. The molecule has 0 heterocycles. The molecule has 0 saturated carbocycles. The predicted molar refractivity (Wildman–Crippen MR) is 116 cm³/mol. The van der Waals surface area contributed by atoms with Crippen molar-refractivity contribution in [2.75, 3.05) is 13.1 Å². The molecule has 1 aromatic rings. The predicted octanol–water partition coefficient (Wildman–Crippen LogP) is 3.56. The van der Waals surface area contributed by atoms with Gasteiger partial charge in [0.15, 0.2) is 0 Å². The zero-order valence-corrected chi connectivity index (χ0v) is 17.8. The molecule has 6 heteroatoms. The normalized spacial score (nSPS) is 17.2. The number of benzene rings is 1. The van der Waals surface area contributed by atoms with Gasteiger partial charge < -0.3 is 20.7 Å². The maximum atomic E-state index is 11.6. The summed E-state index contributed by atoms with van der Waals surface area (Å²) in [7, 11) is 0. The molecule has 0 saturated heterocycles. The van der Waals surface area contributed by atoms with E-state index in [1.54, 1.807) is 0 Å². The number of unbranched alkanes of at least 4 members (excludes halogenated alkanes) is 5. The van der Waals surface area contributed by atoms with Crippen LogP contribution >= 0.6 is 12.4 Å². The number of halogens is 1. The van der Waals surface area contributed by atoms with Crippen molar-refractivity contribution >= 4 is 18.4 Å². The first-order chi connectivity index (χ1) is 14.3. The first-order valence-electron chi connectivity index (χ1n) is 11.8. The molecule has 1 aromatic carbocycles. The molecule has 0 fully saturated rings. The zero-order valence-electron chi connectivity index (χ0n) is 20.9. The fourth-order valence-electron chi connectivity index (χ4n) is 2.68. The van der Waals surface area contributed by atoms with Crippen LogP contribution in [0.2, 0.25) is 0 Å². The van der Waals surface area contributed by atoms with Crippen molar-refractivity contribution in [1.82, 2.24) is 0 Å². The Kier molecular flexibility index (Phi) is 10.6. The number of aliphatic hydroxyl groups is 2. The number of carbonyl (C=O) groups excluding carboxylic acids is 1. The van der Waals surface area contributed by atoms with Crippen LogP contribution in [0.3, 0.4) is 0 Å². The highest BCUT2D eigenvalue weighted by Crippen LogP contribution is 2.15. The SMILES string of the molecule is Cl.[2H]C([2H])(O)C(N)(CCc1ccc(CCCCCCCC)cc1)C([2H])([2H])OC(=O)C(C)O. The van der Waals surface area contributed by atoms with Crippen LogP contribution in [0.4, 0.5) is 0 Å². The molecular weight excluding hydrogens is 378 g/mol. The molecule has 0 aliphatic carbocycles. The van der Waals surface area contributed by atoms with Crippen LogP contribution in [0.25, 0.3) is 0 Å². The van der Waals surface area contributed by atoms with Gasteiger partial charge in [-0.25, -0.2) is 4.79 Å². The molecule has 2 atom stereocenters. The summed E-state index contributed by atoms with van der Waals surface area (Å²) in [5.74, 6) is -1.29. The van der Waals surface area contributed by atoms with Gasteiger partial charge in [-0.15, -0.1) is 12.4 Å². The number of rotatable bonds is 14. The first kappa shape index (κ1) is 20.1. The van der Waals surface area contributed by atoms with Gasteiger partial charge >= 0.3 is 5.97 Å². The van der Waals surface area contributed by atoms with Crippen molar-refractivity contribution in [3.63, 3.8) is 0 Å². The van der Waals surface area contributed by atoms with Crippen LogP contribution in [0.1, 0.15) is 75.4 Å². The van der Waals surface area contributed by atoms with E-state index in [0.29, 0.717) is 0 Å². The van der Waals surface area contributed by atoms with Gasteiger partial charge in [-0.1, -0.05) is 63.3 Å². The lowest BCUT2D eigenvalue weighted by atomic mass is 9.93. The third-order valence-electron chi connectivity index (χ3n) is 4.52. The monoisotopic (exact) mass is 419 g/mol. The Morgan fingerprint density at radius 3 is 2.21 bits per heavy atom. The van der Waals surface area contributed by atoms with Gasteiger partial charge in [0.05, 0.1) is 17.6 Å². The molecule has 0 bridgehead atoms. The third-order valence-corrected chi connectivity index (χ3v) is 4.52.